The summed E-state index contributed by atoms with van der Waals surface area (Å²) < 4.78 is 26.3. The van der Waals surface area contributed by atoms with Crippen molar-refractivity contribution in [3.63, 3.8) is 0 Å². The van der Waals surface area contributed by atoms with Crippen molar-refractivity contribution < 1.29 is 8.42 Å². The van der Waals surface area contributed by atoms with E-state index in [9.17, 15) is 8.42 Å². The average Bonchev–Trinajstić information content (AvgIpc) is 2.18. The van der Waals surface area contributed by atoms with Crippen LogP contribution in [-0.2, 0) is 10.2 Å². The van der Waals surface area contributed by atoms with E-state index in [1.165, 1.54) is 11.4 Å². The molecule has 0 spiro atoms. The van der Waals surface area contributed by atoms with Crippen molar-refractivity contribution in [3.8, 4) is 6.07 Å². The van der Waals surface area contributed by atoms with Gasteiger partial charge in [0.1, 0.15) is 6.54 Å². The third-order valence-electron chi connectivity index (χ3n) is 2.76. The van der Waals surface area contributed by atoms with E-state index in [0.717, 1.165) is 17.1 Å². The van der Waals surface area contributed by atoms with Crippen LogP contribution in [0.4, 0.5) is 0 Å². The van der Waals surface area contributed by atoms with E-state index in [1.807, 2.05) is 6.07 Å². The number of hydrogen-bond donors (Lipinski definition) is 0. The Bertz CT molecular complexity index is 339. The minimum absolute atomic E-state index is 0.0889. The van der Waals surface area contributed by atoms with Gasteiger partial charge in [0.15, 0.2) is 0 Å². The third kappa shape index (κ3) is 2.91. The molecule has 86 valence electrons. The van der Waals surface area contributed by atoms with E-state index in [-0.39, 0.29) is 6.54 Å². The number of nitriles is 1. The number of rotatable bonds is 3. The lowest BCUT2D eigenvalue weighted by atomic mass is 10.0. The van der Waals surface area contributed by atoms with Crippen LogP contribution in [0.1, 0.15) is 19.8 Å². The summed E-state index contributed by atoms with van der Waals surface area (Å²) >= 11 is 0. The van der Waals surface area contributed by atoms with Crippen LogP contribution in [0.2, 0.25) is 0 Å². The maximum absolute atomic E-state index is 11.9. The van der Waals surface area contributed by atoms with Crippen LogP contribution in [0.5, 0.6) is 0 Å². The van der Waals surface area contributed by atoms with Gasteiger partial charge in [0.05, 0.1) is 6.07 Å². The molecule has 0 amide bonds. The monoisotopic (exact) mass is 231 g/mol. The van der Waals surface area contributed by atoms with Gasteiger partial charge >= 0.3 is 0 Å². The highest BCUT2D eigenvalue weighted by molar-refractivity contribution is 7.86. The van der Waals surface area contributed by atoms with E-state index in [4.69, 9.17) is 5.26 Å². The Balaban J connectivity index is 2.66. The van der Waals surface area contributed by atoms with E-state index in [0.29, 0.717) is 19.0 Å². The zero-order valence-corrected chi connectivity index (χ0v) is 10.00. The predicted molar refractivity (Wildman–Crippen MR) is 57.1 cm³/mol. The van der Waals surface area contributed by atoms with Gasteiger partial charge in [-0.2, -0.15) is 22.3 Å². The van der Waals surface area contributed by atoms with Crippen molar-refractivity contribution >= 4 is 10.2 Å². The van der Waals surface area contributed by atoms with Crippen LogP contribution in [0.3, 0.4) is 0 Å². The number of piperidine rings is 1. The van der Waals surface area contributed by atoms with Crippen molar-refractivity contribution in [1.82, 2.24) is 8.61 Å². The first-order chi connectivity index (χ1) is 6.98. The van der Waals surface area contributed by atoms with Gasteiger partial charge in [-0.25, -0.2) is 0 Å². The topological polar surface area (TPSA) is 64.4 Å². The summed E-state index contributed by atoms with van der Waals surface area (Å²) in [6.07, 6.45) is 1.80. The van der Waals surface area contributed by atoms with Gasteiger partial charge in [-0.05, 0) is 18.8 Å². The lowest BCUT2D eigenvalue weighted by Gasteiger charge is -2.31. The van der Waals surface area contributed by atoms with Gasteiger partial charge in [-0.1, -0.05) is 6.92 Å². The van der Waals surface area contributed by atoms with Gasteiger partial charge in [-0.3, -0.25) is 0 Å². The van der Waals surface area contributed by atoms with Crippen LogP contribution < -0.4 is 0 Å². The Morgan fingerprint density at radius 2 is 2.00 bits per heavy atom. The molecular formula is C9H17N3O2S. The first-order valence-electron chi connectivity index (χ1n) is 5.07. The largest absolute Gasteiger partial charge is 0.282 e. The first-order valence-corrected chi connectivity index (χ1v) is 6.46. The fourth-order valence-electron chi connectivity index (χ4n) is 1.59. The molecule has 0 atom stereocenters. The Kier molecular flexibility index (Phi) is 4.08. The minimum Gasteiger partial charge on any atom is -0.197 e. The van der Waals surface area contributed by atoms with Crippen LogP contribution in [0.15, 0.2) is 0 Å². The Hall–Kier alpha value is -0.640. The fraction of sp³-hybridized carbons (Fsp3) is 0.889. The van der Waals surface area contributed by atoms with E-state index in [1.54, 1.807) is 0 Å². The molecule has 0 unspecified atom stereocenters. The molecule has 6 heteroatoms. The normalized spacial score (nSPS) is 20.4. The molecular weight excluding hydrogens is 214 g/mol. The van der Waals surface area contributed by atoms with Crippen molar-refractivity contribution in [1.29, 1.82) is 5.26 Å². The summed E-state index contributed by atoms with van der Waals surface area (Å²) in [6, 6.07) is 1.84. The second-order valence-electron chi connectivity index (χ2n) is 4.00. The number of hydrogen-bond acceptors (Lipinski definition) is 3. The van der Waals surface area contributed by atoms with E-state index < -0.39 is 10.2 Å². The summed E-state index contributed by atoms with van der Waals surface area (Å²) in [6.45, 7) is 3.18. The van der Waals surface area contributed by atoms with Gasteiger partial charge < -0.3 is 0 Å². The Labute approximate surface area is 91.5 Å². The molecule has 1 aliphatic heterocycles. The van der Waals surface area contributed by atoms with Crippen molar-refractivity contribution in [3.05, 3.63) is 0 Å². The molecule has 0 aromatic carbocycles. The summed E-state index contributed by atoms with van der Waals surface area (Å²) in [5.41, 5.74) is 0. The fourth-order valence-corrected chi connectivity index (χ4v) is 2.88. The molecule has 0 aromatic rings. The highest BCUT2D eigenvalue weighted by atomic mass is 32.2. The van der Waals surface area contributed by atoms with Crippen LogP contribution in [0, 0.1) is 17.2 Å². The molecule has 0 saturated carbocycles. The highest BCUT2D eigenvalue weighted by Gasteiger charge is 2.29. The maximum atomic E-state index is 11.9. The van der Waals surface area contributed by atoms with E-state index >= 15 is 0 Å². The van der Waals surface area contributed by atoms with Crippen LogP contribution in [-0.4, -0.2) is 43.7 Å². The lowest BCUT2D eigenvalue weighted by Crippen LogP contribution is -2.45. The molecule has 0 aromatic heterocycles. The van der Waals surface area contributed by atoms with Crippen molar-refractivity contribution in [2.24, 2.45) is 5.92 Å². The summed E-state index contributed by atoms with van der Waals surface area (Å²) in [7, 11) is -1.96. The molecule has 1 heterocycles. The van der Waals surface area contributed by atoms with Crippen LogP contribution >= 0.6 is 0 Å². The molecule has 1 aliphatic rings. The molecule has 0 N–H and O–H groups in total. The lowest BCUT2D eigenvalue weighted by molar-refractivity contribution is 0.273. The maximum Gasteiger partial charge on any atom is 0.282 e. The second-order valence-corrected chi connectivity index (χ2v) is 6.04. The Morgan fingerprint density at radius 3 is 2.47 bits per heavy atom. The predicted octanol–water partition coefficient (Wildman–Crippen LogP) is 0.418. The van der Waals surface area contributed by atoms with Gasteiger partial charge in [0.25, 0.3) is 10.2 Å². The molecule has 1 rings (SSSR count). The zero-order chi connectivity index (χ0) is 11.5. The van der Waals surface area contributed by atoms with Crippen LogP contribution in [0.25, 0.3) is 0 Å². The molecule has 15 heavy (non-hydrogen) atoms. The highest BCUT2D eigenvalue weighted by Crippen LogP contribution is 2.19. The SMILES string of the molecule is CC1CCN(S(=O)(=O)N(C)CC#N)CC1. The Morgan fingerprint density at radius 1 is 1.47 bits per heavy atom. The third-order valence-corrected chi connectivity index (χ3v) is 4.69. The summed E-state index contributed by atoms with van der Waals surface area (Å²) in [5, 5.41) is 8.47. The van der Waals surface area contributed by atoms with Crippen molar-refractivity contribution in [2.75, 3.05) is 26.7 Å². The van der Waals surface area contributed by atoms with Crippen molar-refractivity contribution in [2.45, 2.75) is 19.8 Å². The number of nitrogens with zero attached hydrogens (tertiary/aromatic N) is 3. The standard InChI is InChI=1S/C9H17N3O2S/c1-9-3-6-12(7-4-9)15(13,14)11(2)8-5-10/h9H,3-4,6-8H2,1-2H3. The van der Waals surface area contributed by atoms with Gasteiger partial charge in [-0.15, -0.1) is 0 Å². The smallest absolute Gasteiger partial charge is 0.197 e. The zero-order valence-electron chi connectivity index (χ0n) is 9.18. The summed E-state index contributed by atoms with van der Waals surface area (Å²) in [5.74, 6) is 0.595. The van der Waals surface area contributed by atoms with E-state index in [2.05, 4.69) is 6.92 Å². The quantitative estimate of drug-likeness (QED) is 0.661. The summed E-state index contributed by atoms with van der Waals surface area (Å²) in [4.78, 5) is 0. The molecule has 1 saturated heterocycles. The molecule has 1 fully saturated rings. The van der Waals surface area contributed by atoms with Gasteiger partial charge in [0, 0.05) is 20.1 Å². The molecule has 0 bridgehead atoms. The average molecular weight is 231 g/mol. The second kappa shape index (κ2) is 4.92. The molecule has 5 nitrogen and oxygen atoms in total. The molecule has 0 aliphatic carbocycles. The minimum atomic E-state index is -3.40. The molecule has 0 radical (unpaired) electrons. The van der Waals surface area contributed by atoms with Gasteiger partial charge in [0.2, 0.25) is 0 Å². The first kappa shape index (κ1) is 12.4.